The number of hydrogen-bond acceptors (Lipinski definition) is 2. The van der Waals surface area contributed by atoms with Gasteiger partial charge in [-0.1, -0.05) is 26.7 Å². The summed E-state index contributed by atoms with van der Waals surface area (Å²) in [4.78, 5) is 0. The Morgan fingerprint density at radius 2 is 2.15 bits per heavy atom. The van der Waals surface area contributed by atoms with E-state index in [-0.39, 0.29) is 5.54 Å². The number of nitrogens with one attached hydrogen (secondary N) is 1. The number of hydrogen-bond donors (Lipinski definition) is 2. The molecule has 3 unspecified atom stereocenters. The first kappa shape index (κ1) is 11.0. The van der Waals surface area contributed by atoms with Crippen LogP contribution < -0.4 is 5.32 Å². The minimum Gasteiger partial charge on any atom is -0.396 e. The van der Waals surface area contributed by atoms with Gasteiger partial charge in [0.15, 0.2) is 0 Å². The molecule has 1 rings (SSSR count). The van der Waals surface area contributed by atoms with Crippen molar-refractivity contribution in [1.82, 2.24) is 5.32 Å². The second kappa shape index (κ2) is 4.43. The van der Waals surface area contributed by atoms with Gasteiger partial charge in [0.1, 0.15) is 0 Å². The molecular weight excluding hydrogens is 162 g/mol. The van der Waals surface area contributed by atoms with E-state index < -0.39 is 0 Å². The van der Waals surface area contributed by atoms with Crippen LogP contribution in [0.2, 0.25) is 0 Å². The van der Waals surface area contributed by atoms with Crippen molar-refractivity contribution < 1.29 is 5.11 Å². The summed E-state index contributed by atoms with van der Waals surface area (Å²) < 4.78 is 0. The van der Waals surface area contributed by atoms with E-state index in [1.807, 2.05) is 7.05 Å². The third kappa shape index (κ3) is 2.05. The lowest BCUT2D eigenvalue weighted by molar-refractivity contribution is 0.0834. The van der Waals surface area contributed by atoms with Crippen molar-refractivity contribution in [1.29, 1.82) is 0 Å². The van der Waals surface area contributed by atoms with Gasteiger partial charge in [-0.05, 0) is 31.7 Å². The standard InChI is InChI=1S/C11H23NO/c1-9-5-4-6-11(12-3,7-8-13)10(9)2/h9-10,12-13H,4-8H2,1-3H3. The zero-order valence-electron chi connectivity index (χ0n) is 9.14. The van der Waals surface area contributed by atoms with E-state index in [4.69, 9.17) is 5.11 Å². The Hall–Kier alpha value is -0.0800. The van der Waals surface area contributed by atoms with E-state index in [2.05, 4.69) is 19.2 Å². The summed E-state index contributed by atoms with van der Waals surface area (Å²) in [6, 6.07) is 0. The molecule has 0 aromatic heterocycles. The van der Waals surface area contributed by atoms with Crippen LogP contribution in [0.1, 0.15) is 39.5 Å². The minimum absolute atomic E-state index is 0.201. The van der Waals surface area contributed by atoms with Crippen LogP contribution >= 0.6 is 0 Å². The van der Waals surface area contributed by atoms with Gasteiger partial charge in [0.2, 0.25) is 0 Å². The predicted molar refractivity (Wildman–Crippen MR) is 55.7 cm³/mol. The molecule has 1 aliphatic carbocycles. The molecule has 0 bridgehead atoms. The summed E-state index contributed by atoms with van der Waals surface area (Å²) in [5.74, 6) is 1.46. The van der Waals surface area contributed by atoms with Gasteiger partial charge in [-0.15, -0.1) is 0 Å². The molecular formula is C11H23NO. The van der Waals surface area contributed by atoms with E-state index in [1.54, 1.807) is 0 Å². The van der Waals surface area contributed by atoms with Crippen LogP contribution in [0, 0.1) is 11.8 Å². The fourth-order valence-electron chi connectivity index (χ4n) is 2.79. The van der Waals surface area contributed by atoms with Crippen LogP contribution in [0.25, 0.3) is 0 Å². The number of rotatable bonds is 3. The zero-order chi connectivity index (χ0) is 9.90. The highest BCUT2D eigenvalue weighted by Gasteiger charge is 2.39. The van der Waals surface area contributed by atoms with E-state index in [0.29, 0.717) is 12.5 Å². The first-order valence-electron chi connectivity index (χ1n) is 5.46. The van der Waals surface area contributed by atoms with Crippen molar-refractivity contribution in [3.05, 3.63) is 0 Å². The van der Waals surface area contributed by atoms with Crippen molar-refractivity contribution in [3.8, 4) is 0 Å². The van der Waals surface area contributed by atoms with Gasteiger partial charge in [-0.2, -0.15) is 0 Å². The highest BCUT2D eigenvalue weighted by molar-refractivity contribution is 4.96. The summed E-state index contributed by atoms with van der Waals surface area (Å²) in [6.07, 6.45) is 4.76. The van der Waals surface area contributed by atoms with Crippen molar-refractivity contribution in [2.45, 2.75) is 45.1 Å². The molecule has 2 heteroatoms. The topological polar surface area (TPSA) is 32.3 Å². The maximum Gasteiger partial charge on any atom is 0.0448 e. The lowest BCUT2D eigenvalue weighted by Crippen LogP contribution is -2.53. The molecule has 0 saturated heterocycles. The molecule has 0 amide bonds. The monoisotopic (exact) mass is 185 g/mol. The summed E-state index contributed by atoms with van der Waals surface area (Å²) in [6.45, 7) is 4.95. The van der Waals surface area contributed by atoms with Gasteiger partial charge in [-0.3, -0.25) is 0 Å². The first-order chi connectivity index (χ1) is 6.16. The van der Waals surface area contributed by atoms with Gasteiger partial charge in [0.05, 0.1) is 0 Å². The molecule has 0 aromatic carbocycles. The highest BCUT2D eigenvalue weighted by Crippen LogP contribution is 2.39. The number of aliphatic hydroxyl groups excluding tert-OH is 1. The van der Waals surface area contributed by atoms with E-state index >= 15 is 0 Å². The molecule has 0 radical (unpaired) electrons. The Kier molecular flexibility index (Phi) is 3.74. The second-order valence-corrected chi connectivity index (χ2v) is 4.54. The fourth-order valence-corrected chi connectivity index (χ4v) is 2.79. The molecule has 0 aromatic rings. The van der Waals surface area contributed by atoms with Crippen LogP contribution in [0.4, 0.5) is 0 Å². The Morgan fingerprint density at radius 3 is 2.69 bits per heavy atom. The Morgan fingerprint density at radius 1 is 1.46 bits per heavy atom. The summed E-state index contributed by atoms with van der Waals surface area (Å²) in [5, 5.41) is 12.5. The van der Waals surface area contributed by atoms with Crippen LogP contribution in [0.15, 0.2) is 0 Å². The Labute approximate surface area is 81.7 Å². The highest BCUT2D eigenvalue weighted by atomic mass is 16.3. The molecule has 2 nitrogen and oxygen atoms in total. The van der Waals surface area contributed by atoms with E-state index in [0.717, 1.165) is 12.3 Å². The van der Waals surface area contributed by atoms with Crippen molar-refractivity contribution in [2.24, 2.45) is 11.8 Å². The summed E-state index contributed by atoms with van der Waals surface area (Å²) in [7, 11) is 2.03. The maximum atomic E-state index is 9.08. The summed E-state index contributed by atoms with van der Waals surface area (Å²) in [5.41, 5.74) is 0.201. The van der Waals surface area contributed by atoms with Gasteiger partial charge < -0.3 is 10.4 Å². The second-order valence-electron chi connectivity index (χ2n) is 4.54. The lowest BCUT2D eigenvalue weighted by Gasteiger charge is -2.46. The van der Waals surface area contributed by atoms with Crippen LogP contribution in [-0.4, -0.2) is 24.3 Å². The van der Waals surface area contributed by atoms with Crippen molar-refractivity contribution in [2.75, 3.05) is 13.7 Å². The van der Waals surface area contributed by atoms with Crippen LogP contribution in [0.3, 0.4) is 0 Å². The average Bonchev–Trinajstić information content (AvgIpc) is 2.13. The van der Waals surface area contributed by atoms with Gasteiger partial charge >= 0.3 is 0 Å². The minimum atomic E-state index is 0.201. The number of aliphatic hydroxyl groups is 1. The van der Waals surface area contributed by atoms with E-state index in [1.165, 1.54) is 19.3 Å². The third-order valence-corrected chi connectivity index (χ3v) is 4.06. The molecule has 0 heterocycles. The Bertz CT molecular complexity index is 156. The van der Waals surface area contributed by atoms with E-state index in [9.17, 15) is 0 Å². The van der Waals surface area contributed by atoms with Crippen LogP contribution in [0.5, 0.6) is 0 Å². The molecule has 0 spiro atoms. The summed E-state index contributed by atoms with van der Waals surface area (Å²) >= 11 is 0. The molecule has 13 heavy (non-hydrogen) atoms. The third-order valence-electron chi connectivity index (χ3n) is 4.06. The molecule has 1 saturated carbocycles. The normalized spacial score (nSPS) is 40.6. The predicted octanol–water partition coefficient (Wildman–Crippen LogP) is 1.78. The SMILES string of the molecule is CNC1(CCO)CCCC(C)C1C. The molecule has 3 atom stereocenters. The van der Waals surface area contributed by atoms with Crippen molar-refractivity contribution in [3.63, 3.8) is 0 Å². The quantitative estimate of drug-likeness (QED) is 0.702. The lowest BCUT2D eigenvalue weighted by atomic mass is 9.67. The van der Waals surface area contributed by atoms with Crippen LogP contribution in [-0.2, 0) is 0 Å². The zero-order valence-corrected chi connectivity index (χ0v) is 9.14. The molecule has 78 valence electrons. The Balaban J connectivity index is 2.70. The van der Waals surface area contributed by atoms with Crippen molar-refractivity contribution >= 4 is 0 Å². The van der Waals surface area contributed by atoms with Gasteiger partial charge in [0.25, 0.3) is 0 Å². The smallest absolute Gasteiger partial charge is 0.0448 e. The first-order valence-corrected chi connectivity index (χ1v) is 5.46. The largest absolute Gasteiger partial charge is 0.396 e. The van der Waals surface area contributed by atoms with Gasteiger partial charge in [0, 0.05) is 12.1 Å². The molecule has 0 aliphatic heterocycles. The fraction of sp³-hybridized carbons (Fsp3) is 1.00. The average molecular weight is 185 g/mol. The molecule has 1 aliphatic rings. The van der Waals surface area contributed by atoms with Gasteiger partial charge in [-0.25, -0.2) is 0 Å². The molecule has 2 N–H and O–H groups in total. The molecule has 1 fully saturated rings. The maximum absolute atomic E-state index is 9.08.